The second kappa shape index (κ2) is 2.17. The summed E-state index contributed by atoms with van der Waals surface area (Å²) in [7, 11) is 0. The maximum atomic E-state index is 2.63. The van der Waals surface area contributed by atoms with E-state index >= 15 is 0 Å². The fraction of sp³-hybridized carbons (Fsp3) is 1.00. The number of hydrogen-bond donors (Lipinski definition) is 0. The maximum Gasteiger partial charge on any atom is -0.0204 e. The summed E-state index contributed by atoms with van der Waals surface area (Å²) in [5, 5.41) is 0. The predicted molar refractivity (Wildman–Crippen MR) is 62.4 cm³/mol. The predicted octanol–water partition coefficient (Wildman–Crippen LogP) is 3.96. The second-order valence-electron chi connectivity index (χ2n) is 7.70. The number of rotatable bonds is 1. The lowest BCUT2D eigenvalue weighted by molar-refractivity contribution is 0.0483. The molecule has 6 bridgehead atoms. The molecule has 0 unspecified atom stereocenters. The molecule has 7 atom stereocenters. The Morgan fingerprint density at radius 2 is 1.87 bits per heavy atom. The third-order valence-corrected chi connectivity index (χ3v) is 7.57. The topological polar surface area (TPSA) is 0 Å². The quantitative estimate of drug-likeness (QED) is 0.606. The maximum absolute atomic E-state index is 2.63. The molecule has 0 heterocycles. The van der Waals surface area contributed by atoms with Crippen molar-refractivity contribution in [3.63, 3.8) is 0 Å². The first kappa shape index (κ1) is 9.07. The van der Waals surface area contributed by atoms with Crippen LogP contribution in [0.4, 0.5) is 0 Å². The summed E-state index contributed by atoms with van der Waals surface area (Å²) < 4.78 is 0. The van der Waals surface area contributed by atoms with Crippen molar-refractivity contribution >= 4 is 0 Å². The minimum Gasteiger partial charge on any atom is -0.0625 e. The van der Waals surface area contributed by atoms with Crippen LogP contribution in [0.5, 0.6) is 0 Å². The van der Waals surface area contributed by atoms with Crippen molar-refractivity contribution in [2.45, 2.75) is 47.0 Å². The summed E-state index contributed by atoms with van der Waals surface area (Å²) in [6, 6.07) is 0. The van der Waals surface area contributed by atoms with Gasteiger partial charge >= 0.3 is 0 Å². The Kier molecular flexibility index (Phi) is 1.31. The van der Waals surface area contributed by atoms with E-state index in [1.807, 2.05) is 0 Å². The van der Waals surface area contributed by atoms with Crippen molar-refractivity contribution in [1.29, 1.82) is 0 Å². The minimum atomic E-state index is 0.762. The Morgan fingerprint density at radius 1 is 1.13 bits per heavy atom. The van der Waals surface area contributed by atoms with Crippen molar-refractivity contribution < 1.29 is 0 Å². The van der Waals surface area contributed by atoms with Crippen LogP contribution in [0.1, 0.15) is 47.0 Å². The van der Waals surface area contributed by atoms with Gasteiger partial charge in [0, 0.05) is 0 Å². The molecule has 5 saturated carbocycles. The zero-order valence-corrected chi connectivity index (χ0v) is 10.6. The SMILES string of the molecule is CC(C)[C@H]1CC[C@]2(C)[C@@H]3C[C@H]4[C@@H]([C@H]13)[C@]42C. The van der Waals surface area contributed by atoms with Crippen LogP contribution in [0.2, 0.25) is 0 Å². The Hall–Kier alpha value is 0. The van der Waals surface area contributed by atoms with Crippen molar-refractivity contribution in [3.05, 3.63) is 0 Å². The first-order valence-electron chi connectivity index (χ1n) is 7.02. The van der Waals surface area contributed by atoms with Crippen molar-refractivity contribution in [2.24, 2.45) is 46.3 Å². The number of hydrogen-bond acceptors (Lipinski definition) is 0. The van der Waals surface area contributed by atoms with Gasteiger partial charge in [0.15, 0.2) is 0 Å². The lowest BCUT2D eigenvalue weighted by atomic mass is 9.61. The summed E-state index contributed by atoms with van der Waals surface area (Å²) in [5.41, 5.74) is 1.56. The smallest absolute Gasteiger partial charge is 0.0204 e. The molecule has 0 spiro atoms. The summed E-state index contributed by atoms with van der Waals surface area (Å²) in [5.74, 6) is 6.57. The van der Waals surface area contributed by atoms with Gasteiger partial charge in [0.05, 0.1) is 0 Å². The van der Waals surface area contributed by atoms with E-state index in [-0.39, 0.29) is 0 Å². The third-order valence-electron chi connectivity index (χ3n) is 7.57. The van der Waals surface area contributed by atoms with Gasteiger partial charge in [-0.15, -0.1) is 0 Å². The summed E-state index contributed by atoms with van der Waals surface area (Å²) in [4.78, 5) is 0. The molecule has 5 fully saturated rings. The van der Waals surface area contributed by atoms with Gasteiger partial charge in [0.2, 0.25) is 0 Å². The first-order chi connectivity index (χ1) is 7.02. The van der Waals surface area contributed by atoms with Gasteiger partial charge in [0.1, 0.15) is 0 Å². The fourth-order valence-corrected chi connectivity index (χ4v) is 6.72. The molecule has 0 aromatic heterocycles. The minimum absolute atomic E-state index is 0.762. The highest BCUT2D eigenvalue weighted by Crippen LogP contribution is 2.91. The highest BCUT2D eigenvalue weighted by Gasteiger charge is 2.86. The molecule has 5 aliphatic rings. The highest BCUT2D eigenvalue weighted by atomic mass is 14.9. The van der Waals surface area contributed by atoms with Crippen LogP contribution in [-0.2, 0) is 0 Å². The lowest BCUT2D eigenvalue weighted by Crippen LogP contribution is -2.37. The molecule has 0 nitrogen and oxygen atoms in total. The Labute approximate surface area is 93.8 Å². The van der Waals surface area contributed by atoms with Crippen LogP contribution in [0, 0.1) is 46.3 Å². The van der Waals surface area contributed by atoms with E-state index < -0.39 is 0 Å². The summed E-state index contributed by atoms with van der Waals surface area (Å²) >= 11 is 0. The molecule has 15 heavy (non-hydrogen) atoms. The van der Waals surface area contributed by atoms with E-state index in [2.05, 4.69) is 27.7 Å². The second-order valence-corrected chi connectivity index (χ2v) is 7.70. The zero-order chi connectivity index (χ0) is 10.6. The highest BCUT2D eigenvalue weighted by molar-refractivity contribution is 5.33. The van der Waals surface area contributed by atoms with Gasteiger partial charge in [-0.05, 0) is 65.6 Å². The van der Waals surface area contributed by atoms with Crippen molar-refractivity contribution in [2.75, 3.05) is 0 Å². The normalized spacial score (nSPS) is 69.0. The van der Waals surface area contributed by atoms with E-state index in [0.29, 0.717) is 0 Å². The van der Waals surface area contributed by atoms with Gasteiger partial charge < -0.3 is 0 Å². The van der Waals surface area contributed by atoms with Crippen molar-refractivity contribution in [3.8, 4) is 0 Å². The molecule has 0 amide bonds. The largest absolute Gasteiger partial charge is 0.0625 e. The van der Waals surface area contributed by atoms with Gasteiger partial charge in [-0.1, -0.05) is 27.7 Å². The molecule has 84 valence electrons. The van der Waals surface area contributed by atoms with E-state index in [4.69, 9.17) is 0 Å². The van der Waals surface area contributed by atoms with Crippen LogP contribution in [-0.4, -0.2) is 0 Å². The van der Waals surface area contributed by atoms with Gasteiger partial charge in [-0.2, -0.15) is 0 Å². The molecule has 0 aliphatic heterocycles. The molecule has 0 heteroatoms. The van der Waals surface area contributed by atoms with Gasteiger partial charge in [0.25, 0.3) is 0 Å². The summed E-state index contributed by atoms with van der Waals surface area (Å²) in [6.07, 6.45) is 4.68. The lowest BCUT2D eigenvalue weighted by Gasteiger charge is -2.44. The van der Waals surface area contributed by atoms with Crippen LogP contribution in [0.25, 0.3) is 0 Å². The molecular weight excluding hydrogens is 180 g/mol. The fourth-order valence-electron chi connectivity index (χ4n) is 6.72. The van der Waals surface area contributed by atoms with E-state index in [1.165, 1.54) is 6.42 Å². The summed E-state index contributed by atoms with van der Waals surface area (Å²) in [6.45, 7) is 10.2. The Morgan fingerprint density at radius 3 is 2.47 bits per heavy atom. The van der Waals surface area contributed by atoms with Gasteiger partial charge in [-0.25, -0.2) is 0 Å². The van der Waals surface area contributed by atoms with E-state index in [9.17, 15) is 0 Å². The van der Waals surface area contributed by atoms with E-state index in [1.54, 1.807) is 12.8 Å². The van der Waals surface area contributed by atoms with Gasteiger partial charge in [-0.3, -0.25) is 0 Å². The third kappa shape index (κ3) is 0.666. The van der Waals surface area contributed by atoms with Crippen LogP contribution in [0.3, 0.4) is 0 Å². The molecule has 0 saturated heterocycles. The Bertz CT molecular complexity index is 329. The average molecular weight is 204 g/mol. The zero-order valence-electron chi connectivity index (χ0n) is 10.6. The van der Waals surface area contributed by atoms with Crippen LogP contribution < -0.4 is 0 Å². The monoisotopic (exact) mass is 204 g/mol. The molecule has 0 radical (unpaired) electrons. The van der Waals surface area contributed by atoms with Crippen LogP contribution in [0.15, 0.2) is 0 Å². The van der Waals surface area contributed by atoms with E-state index in [0.717, 1.165) is 46.3 Å². The molecule has 0 aromatic rings. The Balaban J connectivity index is 1.80. The van der Waals surface area contributed by atoms with Crippen molar-refractivity contribution in [1.82, 2.24) is 0 Å². The molecule has 0 aromatic carbocycles. The average Bonchev–Trinajstić information content (AvgIpc) is 2.49. The first-order valence-corrected chi connectivity index (χ1v) is 7.02. The molecule has 5 aliphatic carbocycles. The molecule has 0 N–H and O–H groups in total. The molecular formula is C15H24. The molecule has 5 rings (SSSR count). The van der Waals surface area contributed by atoms with Crippen LogP contribution >= 0.6 is 0 Å². The standard InChI is InChI=1S/C15H24/c1-8(2)9-5-6-14(3)10-7-11-13(12(9)10)15(11,14)4/h8-13H,5-7H2,1-4H3/t9-,10-,11+,12-,13+,14-,15+/m1/s1.